The zero-order valence-corrected chi connectivity index (χ0v) is 11.9. The van der Waals surface area contributed by atoms with Crippen LogP contribution in [0.5, 0.6) is 0 Å². The van der Waals surface area contributed by atoms with Gasteiger partial charge in [0.2, 0.25) is 0 Å². The number of rotatable bonds is 3. The summed E-state index contributed by atoms with van der Waals surface area (Å²) in [5.41, 5.74) is 2.52. The molecule has 0 aliphatic rings. The quantitative estimate of drug-likeness (QED) is 0.688. The molecule has 0 fully saturated rings. The largest absolute Gasteiger partial charge is 0.284 e. The highest BCUT2D eigenvalue weighted by molar-refractivity contribution is 5.79. The SMILES string of the molecule is CC(C)(C)C(N=Cc1ccccc1)c1ccccc1. The maximum absolute atomic E-state index is 4.81. The van der Waals surface area contributed by atoms with Crippen LogP contribution in [0.4, 0.5) is 0 Å². The maximum Gasteiger partial charge on any atom is 0.0797 e. The van der Waals surface area contributed by atoms with Crippen LogP contribution in [0, 0.1) is 5.41 Å². The fourth-order valence-corrected chi connectivity index (χ4v) is 2.14. The lowest BCUT2D eigenvalue weighted by molar-refractivity contribution is 0.330. The Morgan fingerprint density at radius 1 is 0.842 bits per heavy atom. The lowest BCUT2D eigenvalue weighted by Gasteiger charge is -2.27. The highest BCUT2D eigenvalue weighted by Crippen LogP contribution is 2.35. The molecule has 98 valence electrons. The fraction of sp³-hybridized carbons (Fsp3) is 0.278. The summed E-state index contributed by atoms with van der Waals surface area (Å²) in [6.07, 6.45) is 1.98. The van der Waals surface area contributed by atoms with Crippen LogP contribution < -0.4 is 0 Å². The number of benzene rings is 2. The number of nitrogens with zero attached hydrogens (tertiary/aromatic N) is 1. The third kappa shape index (κ3) is 3.78. The summed E-state index contributed by atoms with van der Waals surface area (Å²) in [5, 5.41) is 0. The van der Waals surface area contributed by atoms with Gasteiger partial charge in [0.1, 0.15) is 0 Å². The maximum atomic E-state index is 4.81. The first-order valence-electron chi connectivity index (χ1n) is 6.70. The van der Waals surface area contributed by atoms with Crippen molar-refractivity contribution in [2.75, 3.05) is 0 Å². The summed E-state index contributed by atoms with van der Waals surface area (Å²) in [6, 6.07) is 20.9. The summed E-state index contributed by atoms with van der Waals surface area (Å²) >= 11 is 0. The minimum Gasteiger partial charge on any atom is -0.284 e. The Bertz CT molecular complexity index is 521. The summed E-state index contributed by atoms with van der Waals surface area (Å²) in [5.74, 6) is 0. The fourth-order valence-electron chi connectivity index (χ4n) is 2.14. The molecule has 1 nitrogen and oxygen atoms in total. The zero-order valence-electron chi connectivity index (χ0n) is 11.9. The standard InChI is InChI=1S/C18H21N/c1-18(2,3)17(16-12-8-5-9-13-16)19-14-15-10-6-4-7-11-15/h4-14,17H,1-3H3. The van der Waals surface area contributed by atoms with Crippen molar-refractivity contribution < 1.29 is 0 Å². The molecular formula is C18H21N. The van der Waals surface area contributed by atoms with Crippen molar-refractivity contribution in [2.24, 2.45) is 10.4 Å². The van der Waals surface area contributed by atoms with E-state index in [-0.39, 0.29) is 11.5 Å². The number of aliphatic imine (C=N–C) groups is 1. The van der Waals surface area contributed by atoms with E-state index in [2.05, 4.69) is 57.2 Å². The first kappa shape index (κ1) is 13.5. The molecular weight excluding hydrogens is 230 g/mol. The van der Waals surface area contributed by atoms with Gasteiger partial charge in [-0.05, 0) is 16.5 Å². The first-order valence-corrected chi connectivity index (χ1v) is 6.70. The molecule has 0 spiro atoms. The van der Waals surface area contributed by atoms with Gasteiger partial charge in [-0.3, -0.25) is 4.99 Å². The molecule has 0 aliphatic heterocycles. The second-order valence-corrected chi connectivity index (χ2v) is 5.87. The first-order chi connectivity index (χ1) is 9.07. The molecule has 0 radical (unpaired) electrons. The van der Waals surface area contributed by atoms with Gasteiger partial charge in [-0.2, -0.15) is 0 Å². The van der Waals surface area contributed by atoms with Gasteiger partial charge in [0.15, 0.2) is 0 Å². The Hall–Kier alpha value is -1.89. The van der Waals surface area contributed by atoms with Gasteiger partial charge in [-0.15, -0.1) is 0 Å². The summed E-state index contributed by atoms with van der Waals surface area (Å²) in [6.45, 7) is 6.69. The van der Waals surface area contributed by atoms with Crippen LogP contribution in [0.2, 0.25) is 0 Å². The van der Waals surface area contributed by atoms with Gasteiger partial charge < -0.3 is 0 Å². The highest BCUT2D eigenvalue weighted by atomic mass is 14.8. The lowest BCUT2D eigenvalue weighted by Crippen LogP contribution is -2.16. The van der Waals surface area contributed by atoms with E-state index < -0.39 is 0 Å². The summed E-state index contributed by atoms with van der Waals surface area (Å²) < 4.78 is 0. The average molecular weight is 251 g/mol. The minimum atomic E-state index is 0.104. The molecule has 19 heavy (non-hydrogen) atoms. The summed E-state index contributed by atoms with van der Waals surface area (Å²) in [4.78, 5) is 4.81. The molecule has 1 heteroatoms. The second-order valence-electron chi connectivity index (χ2n) is 5.87. The van der Waals surface area contributed by atoms with Crippen LogP contribution in [-0.4, -0.2) is 6.21 Å². The van der Waals surface area contributed by atoms with E-state index in [1.54, 1.807) is 0 Å². The predicted molar refractivity (Wildman–Crippen MR) is 82.7 cm³/mol. The Morgan fingerprint density at radius 2 is 1.37 bits per heavy atom. The van der Waals surface area contributed by atoms with Crippen molar-refractivity contribution >= 4 is 6.21 Å². The van der Waals surface area contributed by atoms with Crippen LogP contribution in [0.25, 0.3) is 0 Å². The molecule has 0 amide bonds. The Kier molecular flexibility index (Phi) is 4.16. The van der Waals surface area contributed by atoms with Crippen LogP contribution in [0.1, 0.15) is 37.9 Å². The zero-order chi connectivity index (χ0) is 13.7. The van der Waals surface area contributed by atoms with Gasteiger partial charge in [0, 0.05) is 6.21 Å². The number of hydrogen-bond donors (Lipinski definition) is 0. The van der Waals surface area contributed by atoms with Crippen molar-refractivity contribution in [3.05, 3.63) is 71.8 Å². The van der Waals surface area contributed by atoms with Crippen LogP contribution in [-0.2, 0) is 0 Å². The molecule has 0 heterocycles. The molecule has 2 aromatic rings. The normalized spacial score (nSPS) is 13.6. The molecule has 0 bridgehead atoms. The summed E-state index contributed by atoms with van der Waals surface area (Å²) in [7, 11) is 0. The molecule has 2 aromatic carbocycles. The van der Waals surface area contributed by atoms with Crippen molar-refractivity contribution in [2.45, 2.75) is 26.8 Å². The topological polar surface area (TPSA) is 12.4 Å². The van der Waals surface area contributed by atoms with E-state index in [0.717, 1.165) is 5.56 Å². The highest BCUT2D eigenvalue weighted by Gasteiger charge is 2.24. The second kappa shape index (κ2) is 5.83. The Balaban J connectivity index is 2.28. The van der Waals surface area contributed by atoms with Gasteiger partial charge in [0.05, 0.1) is 6.04 Å². The molecule has 0 saturated carbocycles. The molecule has 1 unspecified atom stereocenters. The van der Waals surface area contributed by atoms with E-state index in [0.29, 0.717) is 0 Å². The average Bonchev–Trinajstić information content (AvgIpc) is 2.40. The van der Waals surface area contributed by atoms with Crippen molar-refractivity contribution in [3.8, 4) is 0 Å². The van der Waals surface area contributed by atoms with Crippen LogP contribution in [0.15, 0.2) is 65.7 Å². The molecule has 0 saturated heterocycles. The Morgan fingerprint density at radius 3 is 1.89 bits per heavy atom. The third-order valence-electron chi connectivity index (χ3n) is 3.11. The molecule has 0 aromatic heterocycles. The predicted octanol–water partition coefficient (Wildman–Crippen LogP) is 4.89. The van der Waals surface area contributed by atoms with Crippen molar-refractivity contribution in [1.82, 2.24) is 0 Å². The van der Waals surface area contributed by atoms with Gasteiger partial charge in [-0.25, -0.2) is 0 Å². The lowest BCUT2D eigenvalue weighted by atomic mass is 9.83. The molecule has 1 atom stereocenters. The molecule has 0 aliphatic carbocycles. The number of hydrogen-bond acceptors (Lipinski definition) is 1. The van der Waals surface area contributed by atoms with E-state index in [4.69, 9.17) is 4.99 Å². The Labute approximate surface area is 116 Å². The van der Waals surface area contributed by atoms with E-state index >= 15 is 0 Å². The van der Waals surface area contributed by atoms with E-state index in [1.165, 1.54) is 5.56 Å². The van der Waals surface area contributed by atoms with Gasteiger partial charge in [-0.1, -0.05) is 81.4 Å². The van der Waals surface area contributed by atoms with E-state index in [1.807, 2.05) is 30.5 Å². The van der Waals surface area contributed by atoms with Gasteiger partial charge >= 0.3 is 0 Å². The van der Waals surface area contributed by atoms with Crippen molar-refractivity contribution in [1.29, 1.82) is 0 Å². The van der Waals surface area contributed by atoms with Crippen LogP contribution >= 0.6 is 0 Å². The minimum absolute atomic E-state index is 0.104. The molecule has 0 N–H and O–H groups in total. The van der Waals surface area contributed by atoms with Gasteiger partial charge in [0.25, 0.3) is 0 Å². The molecule has 2 rings (SSSR count). The van der Waals surface area contributed by atoms with Crippen molar-refractivity contribution in [3.63, 3.8) is 0 Å². The monoisotopic (exact) mass is 251 g/mol. The third-order valence-corrected chi connectivity index (χ3v) is 3.11. The van der Waals surface area contributed by atoms with E-state index in [9.17, 15) is 0 Å². The smallest absolute Gasteiger partial charge is 0.0797 e. The van der Waals surface area contributed by atoms with Crippen LogP contribution in [0.3, 0.4) is 0 Å².